The van der Waals surface area contributed by atoms with Crippen molar-refractivity contribution in [3.05, 3.63) is 17.8 Å². The Hall–Kier alpha value is -1.25. The van der Waals surface area contributed by atoms with Gasteiger partial charge in [-0.05, 0) is 18.6 Å². The minimum Gasteiger partial charge on any atom is -0.387 e. The van der Waals surface area contributed by atoms with Crippen molar-refractivity contribution in [1.29, 1.82) is 0 Å². The molecule has 3 nitrogen and oxygen atoms in total. The highest BCUT2D eigenvalue weighted by molar-refractivity contribution is 5.52. The molecule has 0 aliphatic rings. The molecule has 1 heterocycles. The number of nitrogens with one attached hydrogen (secondary N) is 1. The molecule has 1 aromatic rings. The number of anilines is 2. The number of pyridine rings is 1. The summed E-state index contributed by atoms with van der Waals surface area (Å²) in [7, 11) is 1.86. The lowest BCUT2D eigenvalue weighted by Crippen LogP contribution is -1.95. The van der Waals surface area contributed by atoms with E-state index in [-0.39, 0.29) is 0 Å². The summed E-state index contributed by atoms with van der Waals surface area (Å²) in [6.45, 7) is 1.99. The maximum atomic E-state index is 5.44. The predicted molar refractivity (Wildman–Crippen MR) is 42.9 cm³/mol. The molecule has 54 valence electrons. The summed E-state index contributed by atoms with van der Waals surface area (Å²) in [6, 6.07) is 1.84. The lowest BCUT2D eigenvalue weighted by Gasteiger charge is -2.03. The largest absolute Gasteiger partial charge is 0.387 e. The van der Waals surface area contributed by atoms with Gasteiger partial charge in [-0.25, -0.2) is 4.98 Å². The topological polar surface area (TPSA) is 50.9 Å². The van der Waals surface area contributed by atoms with Gasteiger partial charge in [0.25, 0.3) is 0 Å². The first-order valence-corrected chi connectivity index (χ1v) is 3.14. The van der Waals surface area contributed by atoms with Crippen molar-refractivity contribution in [2.75, 3.05) is 18.1 Å². The summed E-state index contributed by atoms with van der Waals surface area (Å²) in [5.41, 5.74) is 7.59. The van der Waals surface area contributed by atoms with Crippen LogP contribution in [0, 0.1) is 6.92 Å². The molecular formula is C7H11N3. The van der Waals surface area contributed by atoms with Crippen molar-refractivity contribution in [1.82, 2.24) is 4.98 Å². The Balaban J connectivity index is 3.07. The monoisotopic (exact) mass is 137 g/mol. The Bertz CT molecular complexity index is 232. The summed E-state index contributed by atoms with van der Waals surface area (Å²) in [4.78, 5) is 3.93. The SMILES string of the molecule is CNc1cnc(N)cc1C. The average molecular weight is 137 g/mol. The minimum atomic E-state index is 0.566. The van der Waals surface area contributed by atoms with Crippen LogP contribution >= 0.6 is 0 Å². The van der Waals surface area contributed by atoms with Crippen molar-refractivity contribution in [2.45, 2.75) is 6.92 Å². The van der Waals surface area contributed by atoms with Crippen molar-refractivity contribution >= 4 is 11.5 Å². The standard InChI is InChI=1S/C7H11N3/c1-5-3-7(8)10-4-6(5)9-2/h3-4,9H,1-2H3,(H2,8,10). The molecule has 1 aromatic heterocycles. The molecule has 3 N–H and O–H groups in total. The van der Waals surface area contributed by atoms with E-state index in [4.69, 9.17) is 5.73 Å². The Morgan fingerprint density at radius 3 is 2.80 bits per heavy atom. The van der Waals surface area contributed by atoms with Gasteiger partial charge in [-0.2, -0.15) is 0 Å². The fraction of sp³-hybridized carbons (Fsp3) is 0.286. The Morgan fingerprint density at radius 2 is 2.30 bits per heavy atom. The first-order chi connectivity index (χ1) is 4.74. The average Bonchev–Trinajstić information content (AvgIpc) is 1.88. The lowest BCUT2D eigenvalue weighted by molar-refractivity contribution is 1.28. The second-order valence-corrected chi connectivity index (χ2v) is 2.17. The van der Waals surface area contributed by atoms with Crippen LogP contribution in [-0.2, 0) is 0 Å². The van der Waals surface area contributed by atoms with Crippen LogP contribution in [0.4, 0.5) is 11.5 Å². The van der Waals surface area contributed by atoms with Crippen LogP contribution < -0.4 is 11.1 Å². The second-order valence-electron chi connectivity index (χ2n) is 2.17. The molecule has 0 saturated heterocycles. The number of nitrogens with two attached hydrogens (primary N) is 1. The Morgan fingerprint density at radius 1 is 1.60 bits per heavy atom. The minimum absolute atomic E-state index is 0.566. The fourth-order valence-electron chi connectivity index (χ4n) is 0.839. The molecule has 0 saturated carbocycles. The molecule has 0 amide bonds. The van der Waals surface area contributed by atoms with Crippen LogP contribution in [0.2, 0.25) is 0 Å². The van der Waals surface area contributed by atoms with Crippen molar-refractivity contribution < 1.29 is 0 Å². The van der Waals surface area contributed by atoms with E-state index in [1.165, 1.54) is 0 Å². The van der Waals surface area contributed by atoms with Gasteiger partial charge in [0, 0.05) is 7.05 Å². The maximum absolute atomic E-state index is 5.44. The van der Waals surface area contributed by atoms with Crippen molar-refractivity contribution in [2.24, 2.45) is 0 Å². The van der Waals surface area contributed by atoms with Crippen molar-refractivity contribution in [3.8, 4) is 0 Å². The number of hydrogen-bond donors (Lipinski definition) is 2. The molecule has 0 radical (unpaired) electrons. The fourth-order valence-corrected chi connectivity index (χ4v) is 0.839. The highest BCUT2D eigenvalue weighted by Gasteiger charge is 1.94. The maximum Gasteiger partial charge on any atom is 0.123 e. The van der Waals surface area contributed by atoms with Crippen LogP contribution in [0.3, 0.4) is 0 Å². The number of nitrogen functional groups attached to an aromatic ring is 1. The second kappa shape index (κ2) is 2.56. The van der Waals surface area contributed by atoms with E-state index >= 15 is 0 Å². The van der Waals surface area contributed by atoms with E-state index in [1.54, 1.807) is 6.20 Å². The number of aryl methyl sites for hydroxylation is 1. The van der Waals surface area contributed by atoms with Crippen LogP contribution in [0.15, 0.2) is 12.3 Å². The summed E-state index contributed by atoms with van der Waals surface area (Å²) in [5.74, 6) is 0.566. The number of nitrogens with zero attached hydrogens (tertiary/aromatic N) is 1. The number of aromatic nitrogens is 1. The molecule has 1 rings (SSSR count). The van der Waals surface area contributed by atoms with E-state index in [2.05, 4.69) is 10.3 Å². The molecule has 10 heavy (non-hydrogen) atoms. The Labute approximate surface area is 60.3 Å². The van der Waals surface area contributed by atoms with Gasteiger partial charge in [0.1, 0.15) is 5.82 Å². The first-order valence-electron chi connectivity index (χ1n) is 3.14. The molecule has 0 aliphatic carbocycles. The molecule has 0 aromatic carbocycles. The predicted octanol–water partition coefficient (Wildman–Crippen LogP) is 1.01. The third-order valence-electron chi connectivity index (χ3n) is 1.40. The molecule has 0 atom stereocenters. The summed E-state index contributed by atoms with van der Waals surface area (Å²) in [5, 5.41) is 3.00. The van der Waals surface area contributed by atoms with E-state index in [0.29, 0.717) is 5.82 Å². The van der Waals surface area contributed by atoms with Gasteiger partial charge in [-0.3, -0.25) is 0 Å². The van der Waals surface area contributed by atoms with Gasteiger partial charge < -0.3 is 11.1 Å². The highest BCUT2D eigenvalue weighted by Crippen LogP contribution is 2.13. The number of hydrogen-bond acceptors (Lipinski definition) is 3. The molecular weight excluding hydrogens is 126 g/mol. The normalized spacial score (nSPS) is 9.40. The number of rotatable bonds is 1. The van der Waals surface area contributed by atoms with Gasteiger partial charge in [-0.15, -0.1) is 0 Å². The first kappa shape index (κ1) is 6.86. The van der Waals surface area contributed by atoms with E-state index in [0.717, 1.165) is 11.3 Å². The summed E-state index contributed by atoms with van der Waals surface area (Å²) < 4.78 is 0. The molecule has 0 fully saturated rings. The smallest absolute Gasteiger partial charge is 0.123 e. The highest BCUT2D eigenvalue weighted by atomic mass is 14.9. The zero-order valence-corrected chi connectivity index (χ0v) is 6.18. The van der Waals surface area contributed by atoms with Crippen molar-refractivity contribution in [3.63, 3.8) is 0 Å². The van der Waals surface area contributed by atoms with Gasteiger partial charge >= 0.3 is 0 Å². The summed E-state index contributed by atoms with van der Waals surface area (Å²) >= 11 is 0. The molecule has 3 heteroatoms. The van der Waals surface area contributed by atoms with Crippen LogP contribution in [0.5, 0.6) is 0 Å². The van der Waals surface area contributed by atoms with Crippen LogP contribution in [0.1, 0.15) is 5.56 Å². The molecule has 0 unspecified atom stereocenters. The molecule has 0 spiro atoms. The Kier molecular flexibility index (Phi) is 1.76. The van der Waals surface area contributed by atoms with Crippen LogP contribution in [-0.4, -0.2) is 12.0 Å². The molecule has 0 bridgehead atoms. The summed E-state index contributed by atoms with van der Waals surface area (Å²) in [6.07, 6.45) is 1.73. The quantitative estimate of drug-likeness (QED) is 0.607. The third-order valence-corrected chi connectivity index (χ3v) is 1.40. The van der Waals surface area contributed by atoms with Gasteiger partial charge in [0.05, 0.1) is 11.9 Å². The van der Waals surface area contributed by atoms with Gasteiger partial charge in [0.2, 0.25) is 0 Å². The van der Waals surface area contributed by atoms with Gasteiger partial charge in [-0.1, -0.05) is 0 Å². The van der Waals surface area contributed by atoms with E-state index in [1.807, 2.05) is 20.0 Å². The zero-order chi connectivity index (χ0) is 7.56. The zero-order valence-electron chi connectivity index (χ0n) is 6.18. The lowest BCUT2D eigenvalue weighted by atomic mass is 10.2. The van der Waals surface area contributed by atoms with Crippen LogP contribution in [0.25, 0.3) is 0 Å². The van der Waals surface area contributed by atoms with E-state index in [9.17, 15) is 0 Å². The third kappa shape index (κ3) is 1.18. The van der Waals surface area contributed by atoms with Gasteiger partial charge in [0.15, 0.2) is 0 Å². The van der Waals surface area contributed by atoms with E-state index < -0.39 is 0 Å². The molecule has 0 aliphatic heterocycles.